The van der Waals surface area contributed by atoms with Gasteiger partial charge in [0.25, 0.3) is 0 Å². The van der Waals surface area contributed by atoms with Crippen molar-refractivity contribution in [1.82, 2.24) is 0 Å². The van der Waals surface area contributed by atoms with E-state index in [1.54, 1.807) is 0 Å². The Morgan fingerprint density at radius 1 is 1.14 bits per heavy atom. The molecule has 0 aromatic rings. The lowest BCUT2D eigenvalue weighted by atomic mass is 10.1. The molecule has 2 N–H and O–H groups in total. The lowest BCUT2D eigenvalue weighted by Gasteiger charge is -2.31. The van der Waals surface area contributed by atoms with E-state index in [9.17, 15) is 4.79 Å². The van der Waals surface area contributed by atoms with Crippen molar-refractivity contribution in [1.29, 1.82) is 0 Å². The largest absolute Gasteiger partial charge is 0.462 e. The van der Waals surface area contributed by atoms with Gasteiger partial charge in [-0.05, 0) is 18.8 Å². The zero-order valence-electron chi connectivity index (χ0n) is 14.4. The average molecular weight is 317 g/mol. The number of carbonyl (C=O) groups is 1. The van der Waals surface area contributed by atoms with E-state index in [2.05, 4.69) is 27.7 Å². The molecule has 0 amide bonds. The van der Waals surface area contributed by atoms with E-state index in [1.807, 2.05) is 6.92 Å². The Bertz CT molecular complexity index is 334. The zero-order chi connectivity index (χ0) is 16.7. The Kier molecular flexibility index (Phi) is 8.31. The second-order valence-corrected chi connectivity index (χ2v) is 6.73. The maximum absolute atomic E-state index is 11.8. The average Bonchev–Trinajstić information content (AvgIpc) is 2.49. The first-order valence-corrected chi connectivity index (χ1v) is 8.08. The van der Waals surface area contributed by atoms with Crippen LogP contribution in [0.15, 0.2) is 0 Å². The number of nitrogens with two attached hydrogens (primary N) is 1. The highest BCUT2D eigenvalue weighted by molar-refractivity contribution is 5.75. The Hall–Kier alpha value is -0.690. The fourth-order valence-electron chi connectivity index (χ4n) is 2.09. The van der Waals surface area contributed by atoms with Gasteiger partial charge in [0.15, 0.2) is 0 Å². The van der Waals surface area contributed by atoms with E-state index in [-0.39, 0.29) is 31.5 Å². The van der Waals surface area contributed by atoms with Gasteiger partial charge in [0.2, 0.25) is 0 Å². The lowest BCUT2D eigenvalue weighted by molar-refractivity contribution is -0.160. The van der Waals surface area contributed by atoms with Gasteiger partial charge in [0.05, 0.1) is 12.7 Å². The molecule has 0 aromatic heterocycles. The number of rotatable bonds is 6. The van der Waals surface area contributed by atoms with Gasteiger partial charge in [-0.2, -0.15) is 0 Å². The maximum atomic E-state index is 11.8. The van der Waals surface area contributed by atoms with Crippen molar-refractivity contribution in [2.75, 3.05) is 26.4 Å². The summed E-state index contributed by atoms with van der Waals surface area (Å²) in [6.07, 6.45) is -0.874. The molecule has 1 aliphatic rings. The van der Waals surface area contributed by atoms with Gasteiger partial charge in [-0.25, -0.2) is 0 Å². The van der Waals surface area contributed by atoms with Crippen molar-refractivity contribution in [3.63, 3.8) is 0 Å². The van der Waals surface area contributed by atoms with Crippen molar-refractivity contribution < 1.29 is 23.7 Å². The van der Waals surface area contributed by atoms with Crippen LogP contribution in [0, 0.1) is 11.8 Å². The smallest absolute Gasteiger partial charge is 0.325 e. The second kappa shape index (κ2) is 9.45. The minimum Gasteiger partial charge on any atom is -0.462 e. The van der Waals surface area contributed by atoms with Crippen molar-refractivity contribution >= 4 is 5.97 Å². The summed E-state index contributed by atoms with van der Waals surface area (Å²) in [6, 6.07) is -0.767. The van der Waals surface area contributed by atoms with Crippen LogP contribution in [-0.4, -0.2) is 56.8 Å². The van der Waals surface area contributed by atoms with Crippen LogP contribution < -0.4 is 5.73 Å². The summed E-state index contributed by atoms with van der Waals surface area (Å²) in [5, 5.41) is 0. The molecule has 6 heteroatoms. The Morgan fingerprint density at radius 3 is 2.32 bits per heavy atom. The summed E-state index contributed by atoms with van der Waals surface area (Å²) in [4.78, 5) is 11.8. The quantitative estimate of drug-likeness (QED) is 0.745. The lowest BCUT2D eigenvalue weighted by Crippen LogP contribution is -2.44. The summed E-state index contributed by atoms with van der Waals surface area (Å²) in [7, 11) is 0. The van der Waals surface area contributed by atoms with Gasteiger partial charge in [0, 0.05) is 13.2 Å². The van der Waals surface area contributed by atoms with E-state index in [1.165, 1.54) is 0 Å². The monoisotopic (exact) mass is 317 g/mol. The van der Waals surface area contributed by atoms with E-state index < -0.39 is 12.0 Å². The van der Waals surface area contributed by atoms with Crippen LogP contribution >= 0.6 is 0 Å². The van der Waals surface area contributed by atoms with Gasteiger partial charge >= 0.3 is 5.97 Å². The molecule has 22 heavy (non-hydrogen) atoms. The number of esters is 1. The molecule has 130 valence electrons. The summed E-state index contributed by atoms with van der Waals surface area (Å²) in [5.74, 6) is 0.317. The molecular formula is C16H31NO5. The van der Waals surface area contributed by atoms with Crippen LogP contribution in [-0.2, 0) is 23.7 Å². The molecule has 1 aliphatic heterocycles. The fourth-order valence-corrected chi connectivity index (χ4v) is 2.09. The number of hydrogen-bond donors (Lipinski definition) is 1. The van der Waals surface area contributed by atoms with E-state index in [4.69, 9.17) is 24.7 Å². The molecule has 1 heterocycles. The highest BCUT2D eigenvalue weighted by Crippen LogP contribution is 2.17. The van der Waals surface area contributed by atoms with Crippen LogP contribution in [0.1, 0.15) is 34.6 Å². The second-order valence-electron chi connectivity index (χ2n) is 6.73. The summed E-state index contributed by atoms with van der Waals surface area (Å²) in [5.41, 5.74) is 5.73. The molecule has 0 aromatic carbocycles. The zero-order valence-corrected chi connectivity index (χ0v) is 14.4. The van der Waals surface area contributed by atoms with Gasteiger partial charge < -0.3 is 24.7 Å². The molecule has 4 unspecified atom stereocenters. The Balaban J connectivity index is 2.80. The van der Waals surface area contributed by atoms with Crippen molar-refractivity contribution in [3.05, 3.63) is 0 Å². The summed E-state index contributed by atoms with van der Waals surface area (Å²) in [6.45, 7) is 11.7. The minimum atomic E-state index is -0.767. The Morgan fingerprint density at radius 2 is 1.73 bits per heavy atom. The van der Waals surface area contributed by atoms with Crippen LogP contribution in [0.25, 0.3) is 0 Å². The normalized spacial score (nSPS) is 30.8. The predicted molar refractivity (Wildman–Crippen MR) is 83.5 cm³/mol. The van der Waals surface area contributed by atoms with E-state index >= 15 is 0 Å². The highest BCUT2D eigenvalue weighted by Gasteiger charge is 2.34. The predicted octanol–water partition coefficient (Wildman–Crippen LogP) is 1.36. The highest BCUT2D eigenvalue weighted by atomic mass is 16.6. The number of carbonyl (C=O) groups excluding carboxylic acids is 1. The third-order valence-electron chi connectivity index (χ3n) is 3.33. The molecule has 0 bridgehead atoms. The van der Waals surface area contributed by atoms with Gasteiger partial charge in [-0.15, -0.1) is 0 Å². The molecule has 1 fully saturated rings. The number of ether oxygens (including phenoxy) is 4. The SMILES string of the molecule is CC(C)COC1COC(=O)C(N)COC(C)C1OCC(C)C. The van der Waals surface area contributed by atoms with Crippen molar-refractivity contribution in [3.8, 4) is 0 Å². The minimum absolute atomic E-state index is 0.123. The molecule has 0 spiro atoms. The topological polar surface area (TPSA) is 80.0 Å². The van der Waals surface area contributed by atoms with Crippen LogP contribution in [0.2, 0.25) is 0 Å². The molecule has 6 nitrogen and oxygen atoms in total. The maximum Gasteiger partial charge on any atom is 0.325 e. The molecule has 1 saturated heterocycles. The Labute approximate surface area is 133 Å². The molecule has 4 atom stereocenters. The molecule has 0 aliphatic carbocycles. The van der Waals surface area contributed by atoms with Gasteiger partial charge in [0.1, 0.15) is 24.9 Å². The first kappa shape index (κ1) is 19.4. The standard InChI is InChI=1S/C16H31NO5/c1-10(2)6-20-14-9-22-16(18)13(17)8-19-12(5)15(14)21-7-11(3)4/h10-15H,6-9,17H2,1-5H3. The fraction of sp³-hybridized carbons (Fsp3) is 0.938. The van der Waals surface area contributed by atoms with Crippen molar-refractivity contribution in [2.24, 2.45) is 17.6 Å². The molecular weight excluding hydrogens is 286 g/mol. The van der Waals surface area contributed by atoms with Crippen molar-refractivity contribution in [2.45, 2.75) is 59.0 Å². The third kappa shape index (κ3) is 6.60. The third-order valence-corrected chi connectivity index (χ3v) is 3.33. The van der Waals surface area contributed by atoms with E-state index in [0.29, 0.717) is 25.0 Å². The number of hydrogen-bond acceptors (Lipinski definition) is 6. The van der Waals surface area contributed by atoms with Gasteiger partial charge in [-0.3, -0.25) is 4.79 Å². The molecule has 0 radical (unpaired) electrons. The van der Waals surface area contributed by atoms with Crippen LogP contribution in [0.4, 0.5) is 0 Å². The van der Waals surface area contributed by atoms with E-state index in [0.717, 1.165) is 0 Å². The number of cyclic esters (lactones) is 1. The molecule has 1 rings (SSSR count). The summed E-state index contributed by atoms with van der Waals surface area (Å²) >= 11 is 0. The van der Waals surface area contributed by atoms with Crippen LogP contribution in [0.5, 0.6) is 0 Å². The first-order chi connectivity index (χ1) is 10.3. The van der Waals surface area contributed by atoms with Gasteiger partial charge in [-0.1, -0.05) is 27.7 Å². The first-order valence-electron chi connectivity index (χ1n) is 8.08. The molecule has 0 saturated carbocycles. The van der Waals surface area contributed by atoms with Crippen LogP contribution in [0.3, 0.4) is 0 Å². The summed E-state index contributed by atoms with van der Waals surface area (Å²) < 4.78 is 22.8.